The van der Waals surface area contributed by atoms with E-state index in [1.165, 1.54) is 6.92 Å². The van der Waals surface area contributed by atoms with E-state index < -0.39 is 108 Å². The number of methoxy groups -OCH3 is 2. The molecule has 3 saturated carbocycles. The molecule has 7 aliphatic rings. The van der Waals surface area contributed by atoms with Crippen LogP contribution in [0.1, 0.15) is 92.9 Å². The third-order valence-corrected chi connectivity index (χ3v) is 15.4. The first kappa shape index (κ1) is 43.0. The fourth-order valence-electron chi connectivity index (χ4n) is 12.1. The van der Waals surface area contributed by atoms with Gasteiger partial charge in [-0.3, -0.25) is 4.79 Å². The number of hydrogen-bond donors (Lipinski definition) is 6. The smallest absolute Gasteiger partial charge is 0.187 e. The maximum atomic E-state index is 12.7. The summed E-state index contributed by atoms with van der Waals surface area (Å²) in [7, 11) is 3.18. The number of aliphatic hydroxyl groups is 6. The number of ether oxygens (including phenoxy) is 8. The van der Waals surface area contributed by atoms with E-state index >= 15 is 0 Å². The van der Waals surface area contributed by atoms with Crippen molar-refractivity contribution < 1.29 is 73.3 Å². The van der Waals surface area contributed by atoms with Crippen LogP contribution in [-0.2, 0) is 42.7 Å². The lowest BCUT2D eigenvalue weighted by Crippen LogP contribution is -2.71. The second-order valence-electron chi connectivity index (χ2n) is 18.3. The number of ketones is 1. The normalized spacial score (nSPS) is 54.8. The number of hydrogen-bond acceptors (Lipinski definition) is 15. The lowest BCUT2D eigenvalue weighted by Gasteiger charge is -2.64. The average Bonchev–Trinajstić information content (AvgIpc) is 3.45. The van der Waals surface area contributed by atoms with Gasteiger partial charge < -0.3 is 68.5 Å². The molecule has 0 radical (unpaired) electrons. The Morgan fingerprint density at radius 3 is 1.98 bits per heavy atom. The van der Waals surface area contributed by atoms with Crippen LogP contribution < -0.4 is 0 Å². The van der Waals surface area contributed by atoms with Gasteiger partial charge in [0.25, 0.3) is 0 Å². The molecule has 3 saturated heterocycles. The van der Waals surface area contributed by atoms with Gasteiger partial charge in [-0.2, -0.15) is 0 Å². The van der Waals surface area contributed by atoms with Crippen molar-refractivity contribution in [3.8, 4) is 0 Å². The molecule has 0 aromatic heterocycles. The van der Waals surface area contributed by atoms with Crippen molar-refractivity contribution in [1.82, 2.24) is 0 Å². The second kappa shape index (κ2) is 16.0. The largest absolute Gasteiger partial charge is 0.390 e. The minimum atomic E-state index is -1.46. The van der Waals surface area contributed by atoms with E-state index in [4.69, 9.17) is 37.9 Å². The highest BCUT2D eigenvalue weighted by atomic mass is 16.7. The summed E-state index contributed by atoms with van der Waals surface area (Å²) in [6, 6.07) is 0. The first-order chi connectivity index (χ1) is 26.4. The number of Topliss-reactive ketones (excluding diaryl/α,β-unsaturated/α-hetero) is 1. The van der Waals surface area contributed by atoms with Gasteiger partial charge in [0.1, 0.15) is 36.3 Å². The molecule has 3 heterocycles. The van der Waals surface area contributed by atoms with E-state index in [-0.39, 0.29) is 29.8 Å². The van der Waals surface area contributed by atoms with Crippen molar-refractivity contribution in [2.75, 3.05) is 14.2 Å². The quantitative estimate of drug-likeness (QED) is 0.183. The van der Waals surface area contributed by atoms with Gasteiger partial charge >= 0.3 is 0 Å². The van der Waals surface area contributed by atoms with Crippen molar-refractivity contribution >= 4 is 5.78 Å². The molecule has 15 heteroatoms. The van der Waals surface area contributed by atoms with Gasteiger partial charge in [0.2, 0.25) is 0 Å². The first-order valence-electron chi connectivity index (χ1n) is 20.7. The zero-order valence-electron chi connectivity index (χ0n) is 34.1. The van der Waals surface area contributed by atoms with Gasteiger partial charge in [0.05, 0.1) is 54.4 Å². The van der Waals surface area contributed by atoms with Crippen LogP contribution in [0, 0.1) is 28.6 Å². The molecule has 320 valence electrons. The van der Waals surface area contributed by atoms with Crippen molar-refractivity contribution in [2.24, 2.45) is 28.6 Å². The number of carbonyl (C=O) groups is 1. The SMILES string of the molecule is COC1CC(O[C@H]2CC[C@@]3(C)C(=CCC4C3C(O)[C@@H](O)[C@]3(C)[C@@H](C(C)=O)CC[C@]43O)C2)OC(C)C1OC1CC(OC)C(OC2OC(C)C(O)C(O)C2O)C(C)O1. The van der Waals surface area contributed by atoms with E-state index in [0.717, 1.165) is 5.57 Å². The Labute approximate surface area is 329 Å². The zero-order chi connectivity index (χ0) is 40.6. The topological polar surface area (TPSA) is 212 Å². The first-order valence-corrected chi connectivity index (χ1v) is 20.7. The van der Waals surface area contributed by atoms with Gasteiger partial charge in [0, 0.05) is 44.3 Å². The molecule has 22 atom stereocenters. The van der Waals surface area contributed by atoms with Crippen LogP contribution >= 0.6 is 0 Å². The number of aliphatic hydroxyl groups excluding tert-OH is 5. The van der Waals surface area contributed by atoms with Crippen molar-refractivity contribution in [1.29, 1.82) is 0 Å². The molecule has 15 nitrogen and oxygen atoms in total. The summed E-state index contributed by atoms with van der Waals surface area (Å²) in [5.41, 5.74) is -1.65. The molecular formula is C41H66O15. The molecule has 0 amide bonds. The van der Waals surface area contributed by atoms with Crippen LogP contribution in [0.3, 0.4) is 0 Å². The third kappa shape index (κ3) is 6.96. The Morgan fingerprint density at radius 2 is 1.38 bits per heavy atom. The van der Waals surface area contributed by atoms with Crippen molar-refractivity contribution in [2.45, 2.75) is 197 Å². The summed E-state index contributed by atoms with van der Waals surface area (Å²) in [6.07, 6.45) is -6.28. The molecule has 4 aliphatic carbocycles. The number of carbonyl (C=O) groups excluding carboxylic acids is 1. The van der Waals surface area contributed by atoms with Crippen LogP contribution in [0.15, 0.2) is 11.6 Å². The van der Waals surface area contributed by atoms with Gasteiger partial charge in [-0.05, 0) is 77.6 Å². The standard InChI is InChI=1S/C41H66O15/c1-18(42)24-12-14-41(48)25-10-9-22-15-23(11-13-39(22,5)30(25)32(44)37(47)40(24,41)6)54-28-16-26(49-7)35(20(3)51-28)55-29-17-27(50-8)36(21(4)52-29)56-38-34(46)33(45)31(43)19(2)53-38/h9,19-21,23-38,43-48H,10-17H2,1-8H3/t19?,20?,21?,23-,24+,25?,26?,27?,28?,29?,30?,31?,32?,33?,34?,35?,36?,37+,38?,39-,40-,41-/m0/s1. The minimum absolute atomic E-state index is 0.0547. The molecule has 0 spiro atoms. The number of allylic oxidation sites excluding steroid dienone is 1. The molecular weight excluding hydrogens is 732 g/mol. The monoisotopic (exact) mass is 798 g/mol. The molecule has 3 aliphatic heterocycles. The predicted molar refractivity (Wildman–Crippen MR) is 197 cm³/mol. The van der Waals surface area contributed by atoms with E-state index in [0.29, 0.717) is 51.4 Å². The second-order valence-corrected chi connectivity index (χ2v) is 18.3. The van der Waals surface area contributed by atoms with Gasteiger partial charge in [-0.1, -0.05) is 25.5 Å². The Hall–Kier alpha value is -1.15. The van der Waals surface area contributed by atoms with Crippen LogP contribution in [0.4, 0.5) is 0 Å². The number of rotatable bonds is 9. The van der Waals surface area contributed by atoms with Crippen LogP contribution in [-0.4, -0.2) is 154 Å². The summed E-state index contributed by atoms with van der Waals surface area (Å²) in [6.45, 7) is 10.8. The average molecular weight is 799 g/mol. The van der Waals surface area contributed by atoms with Crippen molar-refractivity contribution in [3.63, 3.8) is 0 Å². The summed E-state index contributed by atoms with van der Waals surface area (Å²) >= 11 is 0. The highest BCUT2D eigenvalue weighted by Crippen LogP contribution is 2.68. The maximum Gasteiger partial charge on any atom is 0.187 e. The highest BCUT2D eigenvalue weighted by Gasteiger charge is 2.73. The van der Waals surface area contributed by atoms with E-state index in [2.05, 4.69) is 13.0 Å². The Balaban J connectivity index is 0.963. The van der Waals surface area contributed by atoms with Crippen LogP contribution in [0.2, 0.25) is 0 Å². The zero-order valence-corrected chi connectivity index (χ0v) is 34.1. The molecule has 0 aromatic rings. The van der Waals surface area contributed by atoms with Gasteiger partial charge in [-0.25, -0.2) is 0 Å². The predicted octanol–water partition coefficient (Wildman–Crippen LogP) is 1.49. The molecule has 0 bridgehead atoms. The molecule has 6 N–H and O–H groups in total. The minimum Gasteiger partial charge on any atom is -0.390 e. The van der Waals surface area contributed by atoms with E-state index in [9.17, 15) is 35.4 Å². The lowest BCUT2D eigenvalue weighted by molar-refractivity contribution is -0.351. The van der Waals surface area contributed by atoms with Crippen LogP contribution in [0.25, 0.3) is 0 Å². The molecule has 56 heavy (non-hydrogen) atoms. The van der Waals surface area contributed by atoms with Gasteiger partial charge in [-0.15, -0.1) is 0 Å². The summed E-state index contributed by atoms with van der Waals surface area (Å²) in [5.74, 6) is -1.18. The van der Waals surface area contributed by atoms with Crippen LogP contribution in [0.5, 0.6) is 0 Å². The number of fused-ring (bicyclic) bond motifs is 5. The fraction of sp³-hybridized carbons (Fsp3) is 0.927. The van der Waals surface area contributed by atoms with E-state index in [1.54, 1.807) is 35.0 Å². The summed E-state index contributed by atoms with van der Waals surface area (Å²) < 4.78 is 49.3. The molecule has 7 rings (SSSR count). The highest BCUT2D eigenvalue weighted by molar-refractivity contribution is 5.80. The maximum absolute atomic E-state index is 12.7. The molecule has 16 unspecified atom stereocenters. The fourth-order valence-corrected chi connectivity index (χ4v) is 12.1. The summed E-state index contributed by atoms with van der Waals surface area (Å²) in [5, 5.41) is 66.6. The lowest BCUT2D eigenvalue weighted by atomic mass is 9.44. The third-order valence-electron chi connectivity index (χ3n) is 15.4. The summed E-state index contributed by atoms with van der Waals surface area (Å²) in [4.78, 5) is 12.7. The Bertz CT molecular complexity index is 1450. The Kier molecular flexibility index (Phi) is 12.3. The van der Waals surface area contributed by atoms with E-state index in [1.807, 2.05) is 6.92 Å². The molecule has 6 fully saturated rings. The molecule has 0 aromatic carbocycles. The van der Waals surface area contributed by atoms with Gasteiger partial charge in [0.15, 0.2) is 18.9 Å². The Morgan fingerprint density at radius 1 is 0.768 bits per heavy atom. The van der Waals surface area contributed by atoms with Crippen molar-refractivity contribution in [3.05, 3.63) is 11.6 Å².